The van der Waals surface area contributed by atoms with Crippen LogP contribution in [0.4, 0.5) is 5.82 Å². The summed E-state index contributed by atoms with van der Waals surface area (Å²) in [6, 6.07) is 3.11. The lowest BCUT2D eigenvalue weighted by Gasteiger charge is -2.22. The Kier molecular flexibility index (Phi) is 5.32. The van der Waals surface area contributed by atoms with E-state index in [-0.39, 0.29) is 5.56 Å². The van der Waals surface area contributed by atoms with Crippen LogP contribution in [0.2, 0.25) is 0 Å². The van der Waals surface area contributed by atoms with Crippen molar-refractivity contribution < 1.29 is 14.6 Å². The molecule has 98 valence electrons. The number of hydrogen-bond acceptors (Lipinski definition) is 4. The predicted molar refractivity (Wildman–Crippen MR) is 70.2 cm³/mol. The molecule has 0 aliphatic rings. The normalized spacial score (nSPS) is 10.1. The molecule has 0 amide bonds. The maximum Gasteiger partial charge on any atom is 0.335 e. The first kappa shape index (κ1) is 14.2. The summed E-state index contributed by atoms with van der Waals surface area (Å²) < 4.78 is 5.03. The molecule has 1 N–H and O–H groups in total. The first-order chi connectivity index (χ1) is 8.58. The molecular formula is C13H18N2O3. The van der Waals surface area contributed by atoms with Gasteiger partial charge in [0.15, 0.2) is 0 Å². The van der Waals surface area contributed by atoms with Crippen LogP contribution in [0.15, 0.2) is 24.8 Å². The lowest BCUT2D eigenvalue weighted by molar-refractivity contribution is 0.0696. The molecule has 0 bridgehead atoms. The quantitative estimate of drug-likeness (QED) is 0.747. The highest BCUT2D eigenvalue weighted by molar-refractivity contribution is 5.88. The standard InChI is InChI=1S/C13H18N2O3/c1-4-5-15(6-7-18-3)12-9-11(13(16)17)8-10(2)14-12/h4,8-9H,1,5-7H2,2-3H3,(H,16,17). The zero-order valence-electron chi connectivity index (χ0n) is 10.7. The molecule has 5 nitrogen and oxygen atoms in total. The fraction of sp³-hybridized carbons (Fsp3) is 0.385. The first-order valence-corrected chi connectivity index (χ1v) is 5.65. The molecule has 0 unspecified atom stereocenters. The van der Waals surface area contributed by atoms with Crippen LogP contribution in [-0.2, 0) is 4.74 Å². The first-order valence-electron chi connectivity index (χ1n) is 5.65. The number of nitrogens with zero attached hydrogens (tertiary/aromatic N) is 2. The Bertz CT molecular complexity index is 432. The smallest absolute Gasteiger partial charge is 0.335 e. The third kappa shape index (κ3) is 3.85. The van der Waals surface area contributed by atoms with Crippen LogP contribution >= 0.6 is 0 Å². The number of rotatable bonds is 7. The zero-order chi connectivity index (χ0) is 13.5. The lowest BCUT2D eigenvalue weighted by atomic mass is 10.2. The molecule has 0 radical (unpaired) electrons. The van der Waals surface area contributed by atoms with Crippen LogP contribution in [0.25, 0.3) is 0 Å². The van der Waals surface area contributed by atoms with Crippen LogP contribution in [-0.4, -0.2) is 42.9 Å². The second-order valence-corrected chi connectivity index (χ2v) is 3.89. The van der Waals surface area contributed by atoms with Crippen molar-refractivity contribution in [3.05, 3.63) is 36.0 Å². The van der Waals surface area contributed by atoms with Crippen LogP contribution < -0.4 is 4.90 Å². The molecular weight excluding hydrogens is 232 g/mol. The Morgan fingerprint density at radius 2 is 2.33 bits per heavy atom. The molecule has 0 aliphatic carbocycles. The number of aromatic carboxylic acids is 1. The van der Waals surface area contributed by atoms with Gasteiger partial charge in [-0.2, -0.15) is 0 Å². The second-order valence-electron chi connectivity index (χ2n) is 3.89. The number of anilines is 1. The van der Waals surface area contributed by atoms with Crippen LogP contribution in [0, 0.1) is 6.92 Å². The highest BCUT2D eigenvalue weighted by Gasteiger charge is 2.11. The van der Waals surface area contributed by atoms with E-state index in [9.17, 15) is 4.79 Å². The number of pyridine rings is 1. The molecule has 1 aromatic heterocycles. The summed E-state index contributed by atoms with van der Waals surface area (Å²) in [6.45, 7) is 7.24. The van der Waals surface area contributed by atoms with E-state index in [1.54, 1.807) is 32.2 Å². The number of carboxylic acids is 1. The van der Waals surface area contributed by atoms with Crippen molar-refractivity contribution in [1.29, 1.82) is 0 Å². The van der Waals surface area contributed by atoms with E-state index in [1.165, 1.54) is 0 Å². The number of carbonyl (C=O) groups is 1. The molecule has 1 heterocycles. The molecule has 0 saturated carbocycles. The Balaban J connectivity index is 3.02. The maximum atomic E-state index is 11.0. The molecule has 0 atom stereocenters. The molecule has 1 rings (SSSR count). The van der Waals surface area contributed by atoms with Gasteiger partial charge in [0.05, 0.1) is 12.2 Å². The largest absolute Gasteiger partial charge is 0.478 e. The van der Waals surface area contributed by atoms with Crippen molar-refractivity contribution in [3.8, 4) is 0 Å². The van der Waals surface area contributed by atoms with Gasteiger partial charge in [0.1, 0.15) is 5.82 Å². The monoisotopic (exact) mass is 250 g/mol. The van der Waals surface area contributed by atoms with Crippen molar-refractivity contribution in [2.24, 2.45) is 0 Å². The van der Waals surface area contributed by atoms with Crippen molar-refractivity contribution >= 4 is 11.8 Å². The van der Waals surface area contributed by atoms with Gasteiger partial charge in [0.25, 0.3) is 0 Å². The summed E-state index contributed by atoms with van der Waals surface area (Å²) in [4.78, 5) is 17.3. The summed E-state index contributed by atoms with van der Waals surface area (Å²) in [6.07, 6.45) is 1.75. The van der Waals surface area contributed by atoms with Crippen LogP contribution in [0.1, 0.15) is 16.1 Å². The van der Waals surface area contributed by atoms with Crippen LogP contribution in [0.5, 0.6) is 0 Å². The minimum Gasteiger partial charge on any atom is -0.478 e. The van der Waals surface area contributed by atoms with E-state index >= 15 is 0 Å². The van der Waals surface area contributed by atoms with Gasteiger partial charge in [0, 0.05) is 25.9 Å². The minimum atomic E-state index is -0.952. The summed E-state index contributed by atoms with van der Waals surface area (Å²) in [5, 5.41) is 9.03. The van der Waals surface area contributed by atoms with Gasteiger partial charge in [-0.3, -0.25) is 0 Å². The van der Waals surface area contributed by atoms with Gasteiger partial charge >= 0.3 is 5.97 Å². The van der Waals surface area contributed by atoms with Gasteiger partial charge in [-0.15, -0.1) is 6.58 Å². The molecule has 0 saturated heterocycles. The fourth-order valence-corrected chi connectivity index (χ4v) is 1.59. The van der Waals surface area contributed by atoms with E-state index in [0.717, 1.165) is 0 Å². The third-order valence-electron chi connectivity index (χ3n) is 2.43. The van der Waals surface area contributed by atoms with Gasteiger partial charge in [-0.1, -0.05) is 6.08 Å². The van der Waals surface area contributed by atoms with E-state index in [2.05, 4.69) is 11.6 Å². The van der Waals surface area contributed by atoms with Crippen molar-refractivity contribution in [2.45, 2.75) is 6.92 Å². The summed E-state index contributed by atoms with van der Waals surface area (Å²) in [7, 11) is 1.62. The summed E-state index contributed by atoms with van der Waals surface area (Å²) in [5.41, 5.74) is 0.917. The lowest BCUT2D eigenvalue weighted by Crippen LogP contribution is -2.28. The number of methoxy groups -OCH3 is 1. The van der Waals surface area contributed by atoms with Crippen molar-refractivity contribution in [3.63, 3.8) is 0 Å². The average molecular weight is 250 g/mol. The topological polar surface area (TPSA) is 62.7 Å². The van der Waals surface area contributed by atoms with E-state index in [1.807, 2.05) is 4.90 Å². The van der Waals surface area contributed by atoms with E-state index < -0.39 is 5.97 Å². The number of aromatic nitrogens is 1. The molecule has 0 spiro atoms. The number of aryl methyl sites for hydroxylation is 1. The van der Waals surface area contributed by atoms with Crippen molar-refractivity contribution in [2.75, 3.05) is 31.7 Å². The number of carboxylic acid groups (broad SMARTS) is 1. The SMILES string of the molecule is C=CCN(CCOC)c1cc(C(=O)O)cc(C)n1. The molecule has 0 aromatic carbocycles. The summed E-state index contributed by atoms with van der Waals surface area (Å²) in [5.74, 6) is -0.323. The highest BCUT2D eigenvalue weighted by atomic mass is 16.5. The Morgan fingerprint density at radius 1 is 1.61 bits per heavy atom. The zero-order valence-corrected chi connectivity index (χ0v) is 10.7. The number of hydrogen-bond donors (Lipinski definition) is 1. The molecule has 18 heavy (non-hydrogen) atoms. The number of ether oxygens (including phenoxy) is 1. The fourth-order valence-electron chi connectivity index (χ4n) is 1.59. The Morgan fingerprint density at radius 3 is 2.89 bits per heavy atom. The van der Waals surface area contributed by atoms with Crippen LogP contribution in [0.3, 0.4) is 0 Å². The predicted octanol–water partition coefficient (Wildman–Crippen LogP) is 1.73. The highest BCUT2D eigenvalue weighted by Crippen LogP contribution is 2.15. The maximum absolute atomic E-state index is 11.0. The second kappa shape index (κ2) is 6.76. The van der Waals surface area contributed by atoms with Gasteiger partial charge in [-0.25, -0.2) is 9.78 Å². The van der Waals surface area contributed by atoms with Gasteiger partial charge in [0.2, 0.25) is 0 Å². The van der Waals surface area contributed by atoms with E-state index in [0.29, 0.717) is 31.2 Å². The third-order valence-corrected chi connectivity index (χ3v) is 2.43. The molecule has 1 aromatic rings. The molecule has 0 fully saturated rings. The van der Waals surface area contributed by atoms with Gasteiger partial charge < -0.3 is 14.7 Å². The minimum absolute atomic E-state index is 0.240. The van der Waals surface area contributed by atoms with Crippen molar-refractivity contribution in [1.82, 2.24) is 4.98 Å². The average Bonchev–Trinajstić information content (AvgIpc) is 2.33. The Labute approximate surface area is 107 Å². The van der Waals surface area contributed by atoms with E-state index in [4.69, 9.17) is 9.84 Å². The van der Waals surface area contributed by atoms with Gasteiger partial charge in [-0.05, 0) is 19.1 Å². The Hall–Kier alpha value is -1.88. The molecule has 5 heteroatoms. The molecule has 0 aliphatic heterocycles. The summed E-state index contributed by atoms with van der Waals surface area (Å²) >= 11 is 0.